The number of hydrogen-bond donors (Lipinski definition) is 3. The monoisotopic (exact) mass is 263 g/mol. The largest absolute Gasteiger partial charge is 0.370 e. The fourth-order valence-electron chi connectivity index (χ4n) is 1.34. The van der Waals surface area contributed by atoms with Gasteiger partial charge >= 0.3 is 0 Å². The lowest BCUT2D eigenvalue weighted by Gasteiger charge is -2.06. The molecule has 2 rings (SSSR count). The molecule has 0 aliphatic carbocycles. The zero-order chi connectivity index (χ0) is 13.7. The number of amides is 1. The van der Waals surface area contributed by atoms with E-state index in [2.05, 4.69) is 30.4 Å². The highest BCUT2D eigenvalue weighted by Gasteiger charge is 2.06. The van der Waals surface area contributed by atoms with E-state index in [0.29, 0.717) is 25.3 Å². The van der Waals surface area contributed by atoms with Crippen LogP contribution in [0.2, 0.25) is 0 Å². The predicted octanol–water partition coefficient (Wildman–Crippen LogP) is -1.29. The summed E-state index contributed by atoms with van der Waals surface area (Å²) in [7, 11) is 0. The van der Waals surface area contributed by atoms with Crippen molar-refractivity contribution in [1.82, 2.24) is 29.7 Å². The molecule has 0 aliphatic heterocycles. The first kappa shape index (κ1) is 12.7. The fraction of sp³-hybridized carbons (Fsp3) is 0.333. The highest BCUT2D eigenvalue weighted by atomic mass is 16.1. The molecule has 0 aliphatic rings. The first-order chi connectivity index (χ1) is 9.15. The Kier molecular flexibility index (Phi) is 3.81. The molecule has 0 saturated heterocycles. The molecule has 100 valence electrons. The van der Waals surface area contributed by atoms with Crippen LogP contribution in [0.3, 0.4) is 0 Å². The van der Waals surface area contributed by atoms with Gasteiger partial charge in [0.2, 0.25) is 17.8 Å². The van der Waals surface area contributed by atoms with Gasteiger partial charge in [-0.2, -0.15) is 24.7 Å². The summed E-state index contributed by atoms with van der Waals surface area (Å²) in [5.41, 5.74) is 10.6. The van der Waals surface area contributed by atoms with Gasteiger partial charge in [0.05, 0.1) is 0 Å². The van der Waals surface area contributed by atoms with Gasteiger partial charge in [0.25, 0.3) is 5.95 Å². The maximum Gasteiger partial charge on any atom is 0.258 e. The third kappa shape index (κ3) is 3.59. The van der Waals surface area contributed by atoms with Gasteiger partial charge in [0.1, 0.15) is 12.7 Å². The number of rotatable bonds is 6. The zero-order valence-electron chi connectivity index (χ0n) is 10.0. The number of nitrogens with two attached hydrogens (primary N) is 2. The van der Waals surface area contributed by atoms with Crippen LogP contribution >= 0.6 is 0 Å². The van der Waals surface area contributed by atoms with Crippen LogP contribution in [-0.2, 0) is 4.79 Å². The van der Waals surface area contributed by atoms with E-state index in [4.69, 9.17) is 11.5 Å². The summed E-state index contributed by atoms with van der Waals surface area (Å²) in [6.07, 6.45) is 3.69. The molecule has 0 saturated carbocycles. The fourth-order valence-corrected chi connectivity index (χ4v) is 1.34. The van der Waals surface area contributed by atoms with E-state index in [-0.39, 0.29) is 17.8 Å². The van der Waals surface area contributed by atoms with Gasteiger partial charge in [-0.3, -0.25) is 4.79 Å². The van der Waals surface area contributed by atoms with Crippen molar-refractivity contribution in [2.45, 2.75) is 12.8 Å². The van der Waals surface area contributed by atoms with Gasteiger partial charge in [-0.1, -0.05) is 0 Å². The van der Waals surface area contributed by atoms with Crippen LogP contribution in [-0.4, -0.2) is 42.2 Å². The van der Waals surface area contributed by atoms with Crippen molar-refractivity contribution in [2.24, 2.45) is 5.73 Å². The molecule has 5 N–H and O–H groups in total. The first-order valence-electron chi connectivity index (χ1n) is 5.54. The Morgan fingerprint density at radius 1 is 1.37 bits per heavy atom. The number of anilines is 2. The van der Waals surface area contributed by atoms with Gasteiger partial charge in [-0.05, 0) is 6.42 Å². The number of aromatic nitrogens is 6. The highest BCUT2D eigenvalue weighted by molar-refractivity contribution is 5.73. The molecular formula is C9H13N9O. The topological polar surface area (TPSA) is 151 Å². The van der Waals surface area contributed by atoms with Crippen LogP contribution in [0.1, 0.15) is 12.8 Å². The summed E-state index contributed by atoms with van der Waals surface area (Å²) in [6.45, 7) is 0.503. The minimum Gasteiger partial charge on any atom is -0.370 e. The number of carbonyl (C=O) groups excluding carboxylic acids is 1. The number of hydrogen-bond acceptors (Lipinski definition) is 8. The van der Waals surface area contributed by atoms with Crippen molar-refractivity contribution >= 4 is 17.8 Å². The van der Waals surface area contributed by atoms with E-state index >= 15 is 0 Å². The van der Waals surface area contributed by atoms with Gasteiger partial charge < -0.3 is 16.8 Å². The van der Waals surface area contributed by atoms with Crippen molar-refractivity contribution in [3.05, 3.63) is 12.7 Å². The normalized spacial score (nSPS) is 10.3. The van der Waals surface area contributed by atoms with Gasteiger partial charge in [-0.15, -0.1) is 0 Å². The SMILES string of the molecule is NC(=O)CCCNc1nc(N)nc(-n2cncn2)n1. The molecule has 10 nitrogen and oxygen atoms in total. The summed E-state index contributed by atoms with van der Waals surface area (Å²) in [5, 5.41) is 6.83. The second kappa shape index (κ2) is 5.71. The van der Waals surface area contributed by atoms with Crippen molar-refractivity contribution in [1.29, 1.82) is 0 Å². The van der Waals surface area contributed by atoms with Crippen molar-refractivity contribution in [3.63, 3.8) is 0 Å². The second-order valence-corrected chi connectivity index (χ2v) is 3.65. The van der Waals surface area contributed by atoms with E-state index in [0.717, 1.165) is 0 Å². The number of nitrogens with one attached hydrogen (secondary N) is 1. The van der Waals surface area contributed by atoms with Crippen molar-refractivity contribution < 1.29 is 4.79 Å². The smallest absolute Gasteiger partial charge is 0.258 e. The molecule has 2 heterocycles. The van der Waals surface area contributed by atoms with Gasteiger partial charge in [-0.25, -0.2) is 4.98 Å². The standard InChI is InChI=1S/C9H13N9O/c10-6(19)2-1-3-13-8-15-7(11)16-9(17-8)18-5-12-4-14-18/h4-5H,1-3H2,(H2,10,19)(H3,11,13,15,16,17). The molecule has 0 bridgehead atoms. The first-order valence-corrected chi connectivity index (χ1v) is 5.54. The lowest BCUT2D eigenvalue weighted by atomic mass is 10.3. The van der Waals surface area contributed by atoms with Crippen molar-refractivity contribution in [2.75, 3.05) is 17.6 Å². The molecule has 0 aromatic carbocycles. The van der Waals surface area contributed by atoms with E-state index in [9.17, 15) is 4.79 Å². The maximum absolute atomic E-state index is 10.6. The molecule has 10 heteroatoms. The van der Waals surface area contributed by atoms with E-state index in [1.54, 1.807) is 0 Å². The maximum atomic E-state index is 10.6. The summed E-state index contributed by atoms with van der Waals surface area (Å²) in [5.74, 6) is 0.294. The average Bonchev–Trinajstić information content (AvgIpc) is 2.87. The number of carbonyl (C=O) groups is 1. The van der Waals surface area contributed by atoms with E-state index in [1.807, 2.05) is 0 Å². The third-order valence-corrected chi connectivity index (χ3v) is 2.15. The van der Waals surface area contributed by atoms with Crippen LogP contribution in [0.15, 0.2) is 12.7 Å². The second-order valence-electron chi connectivity index (χ2n) is 3.65. The molecule has 2 aromatic rings. The summed E-state index contributed by atoms with van der Waals surface area (Å²) < 4.78 is 1.37. The van der Waals surface area contributed by atoms with Crippen LogP contribution in [0, 0.1) is 0 Å². The molecule has 1 amide bonds. The molecular weight excluding hydrogens is 250 g/mol. The summed E-state index contributed by atoms with van der Waals surface area (Å²) in [4.78, 5) is 26.4. The van der Waals surface area contributed by atoms with Crippen LogP contribution in [0.25, 0.3) is 5.95 Å². The molecule has 0 radical (unpaired) electrons. The molecule has 0 atom stereocenters. The zero-order valence-corrected chi connectivity index (χ0v) is 10.0. The van der Waals surface area contributed by atoms with E-state index < -0.39 is 0 Å². The Morgan fingerprint density at radius 2 is 2.21 bits per heavy atom. The van der Waals surface area contributed by atoms with Gasteiger partial charge in [0, 0.05) is 13.0 Å². The van der Waals surface area contributed by atoms with Crippen LogP contribution in [0.4, 0.5) is 11.9 Å². The number of primary amides is 1. The summed E-state index contributed by atoms with van der Waals surface area (Å²) >= 11 is 0. The minimum atomic E-state index is -0.347. The highest BCUT2D eigenvalue weighted by Crippen LogP contribution is 2.05. The van der Waals surface area contributed by atoms with Crippen molar-refractivity contribution in [3.8, 4) is 5.95 Å². The Bertz CT molecular complexity index is 553. The molecule has 19 heavy (non-hydrogen) atoms. The van der Waals surface area contributed by atoms with Gasteiger partial charge in [0.15, 0.2) is 0 Å². The number of nitrogens with zero attached hydrogens (tertiary/aromatic N) is 6. The lowest BCUT2D eigenvalue weighted by Crippen LogP contribution is -2.15. The third-order valence-electron chi connectivity index (χ3n) is 2.15. The molecule has 0 spiro atoms. The predicted molar refractivity (Wildman–Crippen MR) is 66.1 cm³/mol. The van der Waals surface area contributed by atoms with Crippen LogP contribution < -0.4 is 16.8 Å². The Hall–Kier alpha value is -2.78. The Labute approximate surface area is 108 Å². The average molecular weight is 263 g/mol. The minimum absolute atomic E-state index is 0.0675. The molecule has 2 aromatic heterocycles. The Morgan fingerprint density at radius 3 is 2.89 bits per heavy atom. The number of nitrogen functional groups attached to an aromatic ring is 1. The van der Waals surface area contributed by atoms with Crippen LogP contribution in [0.5, 0.6) is 0 Å². The quantitative estimate of drug-likeness (QED) is 0.544. The van der Waals surface area contributed by atoms with E-state index in [1.165, 1.54) is 17.3 Å². The lowest BCUT2D eigenvalue weighted by molar-refractivity contribution is -0.118. The summed E-state index contributed by atoms with van der Waals surface area (Å²) in [6, 6.07) is 0. The Balaban J connectivity index is 2.03. The molecule has 0 unspecified atom stereocenters. The molecule has 0 fully saturated rings.